The van der Waals surface area contributed by atoms with E-state index in [2.05, 4.69) is 4.98 Å². The number of hydrogen-bond acceptors (Lipinski definition) is 5. The zero-order valence-corrected chi connectivity index (χ0v) is 15.0. The number of carbonyl (C=O) groups excluding carboxylic acids is 1. The van der Waals surface area contributed by atoms with Gasteiger partial charge in [0.1, 0.15) is 4.75 Å². The first kappa shape index (κ1) is 17.2. The van der Waals surface area contributed by atoms with Gasteiger partial charge in [-0.2, -0.15) is 0 Å². The van der Waals surface area contributed by atoms with Crippen LogP contribution in [0.2, 0.25) is 0 Å². The van der Waals surface area contributed by atoms with Crippen LogP contribution in [-0.4, -0.2) is 54.4 Å². The van der Waals surface area contributed by atoms with Crippen molar-refractivity contribution in [3.63, 3.8) is 0 Å². The number of amides is 1. The molecule has 0 aromatic carbocycles. The fourth-order valence-corrected chi connectivity index (χ4v) is 5.98. The van der Waals surface area contributed by atoms with E-state index in [-0.39, 0.29) is 23.5 Å². The summed E-state index contributed by atoms with van der Waals surface area (Å²) in [5, 5.41) is 0. The quantitative estimate of drug-likeness (QED) is 0.803. The average molecular weight is 352 g/mol. The van der Waals surface area contributed by atoms with Gasteiger partial charge in [-0.25, -0.2) is 13.4 Å². The predicted octanol–water partition coefficient (Wildman–Crippen LogP) is 1.52. The van der Waals surface area contributed by atoms with E-state index in [1.165, 1.54) is 0 Å². The number of nitrogens with zero attached hydrogens (tertiary/aromatic N) is 2. The largest absolute Gasteiger partial charge is 0.477 e. The van der Waals surface area contributed by atoms with Crippen LogP contribution in [0.5, 0.6) is 5.88 Å². The summed E-state index contributed by atoms with van der Waals surface area (Å²) in [6.45, 7) is 4.91. The molecular weight excluding hydrogens is 328 g/mol. The summed E-state index contributed by atoms with van der Waals surface area (Å²) in [4.78, 5) is 17.9. The van der Waals surface area contributed by atoms with Crippen LogP contribution in [0.15, 0.2) is 24.4 Å². The van der Waals surface area contributed by atoms with Crippen molar-refractivity contribution in [3.8, 4) is 5.88 Å². The molecule has 0 bridgehead atoms. The van der Waals surface area contributed by atoms with Crippen LogP contribution in [0.4, 0.5) is 0 Å². The Morgan fingerprint density at radius 3 is 2.79 bits per heavy atom. The Morgan fingerprint density at radius 2 is 2.17 bits per heavy atom. The van der Waals surface area contributed by atoms with Gasteiger partial charge < -0.3 is 9.64 Å². The van der Waals surface area contributed by atoms with Gasteiger partial charge in [0, 0.05) is 37.7 Å². The zero-order chi connectivity index (χ0) is 17.4. The lowest BCUT2D eigenvalue weighted by atomic mass is 9.83. The second kappa shape index (κ2) is 6.35. The predicted molar refractivity (Wildman–Crippen MR) is 90.4 cm³/mol. The maximum atomic E-state index is 12.6. The Balaban J connectivity index is 1.67. The minimum Gasteiger partial charge on any atom is -0.477 e. The number of hydrogen-bond donors (Lipinski definition) is 0. The van der Waals surface area contributed by atoms with Gasteiger partial charge in [-0.1, -0.05) is 19.9 Å². The van der Waals surface area contributed by atoms with Crippen LogP contribution >= 0.6 is 0 Å². The normalized spacial score (nSPS) is 24.1. The average Bonchev–Trinajstić information content (AvgIpc) is 2.74. The molecule has 0 saturated carbocycles. The topological polar surface area (TPSA) is 76.6 Å². The third-order valence-electron chi connectivity index (χ3n) is 5.02. The molecule has 2 aliphatic rings. The molecule has 2 saturated heterocycles. The maximum Gasteiger partial charge on any atom is 0.222 e. The third-order valence-corrected chi connectivity index (χ3v) is 7.62. The Morgan fingerprint density at radius 1 is 1.42 bits per heavy atom. The van der Waals surface area contributed by atoms with E-state index in [1.807, 2.05) is 19.9 Å². The summed E-state index contributed by atoms with van der Waals surface area (Å²) < 4.78 is 30.0. The first-order valence-corrected chi connectivity index (χ1v) is 10.0. The molecule has 0 N–H and O–H groups in total. The number of ether oxygens (including phenoxy) is 1. The molecule has 7 heteroatoms. The third kappa shape index (κ3) is 3.01. The highest BCUT2D eigenvalue weighted by atomic mass is 32.2. The van der Waals surface area contributed by atoms with Crippen molar-refractivity contribution in [2.24, 2.45) is 11.8 Å². The lowest BCUT2D eigenvalue weighted by molar-refractivity contribution is -0.138. The van der Waals surface area contributed by atoms with E-state index in [0.29, 0.717) is 38.4 Å². The molecule has 1 aromatic heterocycles. The number of aromatic nitrogens is 1. The molecule has 2 fully saturated rings. The van der Waals surface area contributed by atoms with E-state index in [4.69, 9.17) is 4.74 Å². The number of carbonyl (C=O) groups is 1. The molecule has 2 aliphatic heterocycles. The molecule has 24 heavy (non-hydrogen) atoms. The molecule has 3 rings (SSSR count). The van der Waals surface area contributed by atoms with E-state index in [1.54, 1.807) is 23.2 Å². The molecule has 0 unspecified atom stereocenters. The van der Waals surface area contributed by atoms with Gasteiger partial charge in [0.2, 0.25) is 11.8 Å². The number of sulfone groups is 1. The Hall–Kier alpha value is -1.63. The summed E-state index contributed by atoms with van der Waals surface area (Å²) in [5.41, 5.74) is 0. The molecule has 1 amide bonds. The lowest BCUT2D eigenvalue weighted by Crippen LogP contribution is -2.69. The van der Waals surface area contributed by atoms with Gasteiger partial charge >= 0.3 is 0 Å². The summed E-state index contributed by atoms with van der Waals surface area (Å²) in [7, 11) is -3.19. The molecule has 1 aromatic rings. The van der Waals surface area contributed by atoms with Crippen LogP contribution < -0.4 is 4.74 Å². The van der Waals surface area contributed by atoms with Crippen molar-refractivity contribution in [3.05, 3.63) is 24.4 Å². The van der Waals surface area contributed by atoms with Crippen LogP contribution in [0.3, 0.4) is 0 Å². The van der Waals surface area contributed by atoms with Gasteiger partial charge in [0.25, 0.3) is 0 Å². The van der Waals surface area contributed by atoms with Crippen LogP contribution in [0.1, 0.15) is 26.7 Å². The van der Waals surface area contributed by atoms with Crippen molar-refractivity contribution >= 4 is 15.7 Å². The maximum absolute atomic E-state index is 12.6. The monoisotopic (exact) mass is 352 g/mol. The first-order chi connectivity index (χ1) is 11.3. The van der Waals surface area contributed by atoms with Crippen LogP contribution in [0.25, 0.3) is 0 Å². The Labute approximate surface area is 143 Å². The Bertz CT molecular complexity index is 697. The fraction of sp³-hybridized carbons (Fsp3) is 0.647. The molecule has 1 atom stereocenters. The summed E-state index contributed by atoms with van der Waals surface area (Å²) in [6.07, 6.45) is 2.69. The van der Waals surface area contributed by atoms with Crippen molar-refractivity contribution in [1.82, 2.24) is 9.88 Å². The second-order valence-corrected chi connectivity index (χ2v) is 9.65. The number of pyridine rings is 1. The zero-order valence-electron chi connectivity index (χ0n) is 14.1. The number of likely N-dealkylation sites (tertiary alicyclic amines) is 1. The van der Waals surface area contributed by atoms with Gasteiger partial charge in [-0.15, -0.1) is 0 Å². The minimum absolute atomic E-state index is 0.0436. The van der Waals surface area contributed by atoms with Crippen molar-refractivity contribution < 1.29 is 17.9 Å². The van der Waals surface area contributed by atoms with Crippen LogP contribution in [-0.2, 0) is 14.6 Å². The minimum atomic E-state index is -3.19. The smallest absolute Gasteiger partial charge is 0.222 e. The van der Waals surface area contributed by atoms with Gasteiger partial charge in [-0.05, 0) is 18.4 Å². The van der Waals surface area contributed by atoms with E-state index in [0.717, 1.165) is 0 Å². The van der Waals surface area contributed by atoms with Crippen molar-refractivity contribution in [1.29, 1.82) is 0 Å². The number of rotatable bonds is 5. The highest BCUT2D eigenvalue weighted by Crippen LogP contribution is 2.45. The highest BCUT2D eigenvalue weighted by Gasteiger charge is 2.62. The second-order valence-electron chi connectivity index (χ2n) is 7.20. The SMILES string of the molecule is CC(C)CC(=O)N1CC2(C1)[C@@H](COc1ccccn1)CCS2(=O)=O. The highest BCUT2D eigenvalue weighted by molar-refractivity contribution is 7.93. The standard InChI is InChI=1S/C17H24N2O4S/c1-13(2)9-16(20)19-11-17(12-19)14(6-8-24(17,21)22)10-23-15-5-3-4-7-18-15/h3-5,7,13-14H,6,8-12H2,1-2H3/t14-/m1/s1. The van der Waals surface area contributed by atoms with E-state index < -0.39 is 14.6 Å². The molecule has 1 spiro atoms. The fourth-order valence-electron chi connectivity index (χ4n) is 3.58. The summed E-state index contributed by atoms with van der Waals surface area (Å²) in [5.74, 6) is 0.909. The molecular formula is C17H24N2O4S. The molecule has 6 nitrogen and oxygen atoms in total. The molecule has 132 valence electrons. The molecule has 0 aliphatic carbocycles. The van der Waals surface area contributed by atoms with Gasteiger partial charge in [-0.3, -0.25) is 4.79 Å². The first-order valence-electron chi connectivity index (χ1n) is 8.38. The summed E-state index contributed by atoms with van der Waals surface area (Å²) in [6, 6.07) is 5.40. The Kier molecular flexibility index (Phi) is 4.55. The van der Waals surface area contributed by atoms with E-state index >= 15 is 0 Å². The van der Waals surface area contributed by atoms with Crippen molar-refractivity contribution in [2.45, 2.75) is 31.4 Å². The van der Waals surface area contributed by atoms with Gasteiger partial charge in [0.05, 0.1) is 12.4 Å². The van der Waals surface area contributed by atoms with Gasteiger partial charge in [0.15, 0.2) is 9.84 Å². The molecule has 0 radical (unpaired) electrons. The summed E-state index contributed by atoms with van der Waals surface area (Å²) >= 11 is 0. The molecule has 3 heterocycles. The van der Waals surface area contributed by atoms with E-state index in [9.17, 15) is 13.2 Å². The van der Waals surface area contributed by atoms with Crippen LogP contribution in [0, 0.1) is 11.8 Å². The van der Waals surface area contributed by atoms with Crippen molar-refractivity contribution in [2.75, 3.05) is 25.4 Å². The lowest BCUT2D eigenvalue weighted by Gasteiger charge is -2.50.